The van der Waals surface area contributed by atoms with Crippen molar-refractivity contribution in [3.63, 3.8) is 0 Å². The quantitative estimate of drug-likeness (QED) is 0.174. The molecule has 4 rings (SSSR count). The third kappa shape index (κ3) is 6.75. The molecule has 0 saturated carbocycles. The number of hydrogen-bond donors (Lipinski definition) is 1. The van der Waals surface area contributed by atoms with Crippen LogP contribution in [0.15, 0.2) is 88.9 Å². The van der Waals surface area contributed by atoms with E-state index in [9.17, 15) is 26.4 Å². The van der Waals surface area contributed by atoms with Gasteiger partial charge in [-0.2, -0.15) is 18.3 Å². The van der Waals surface area contributed by atoms with Gasteiger partial charge < -0.3 is 4.57 Å². The van der Waals surface area contributed by atoms with E-state index >= 15 is 0 Å². The fourth-order valence-electron chi connectivity index (χ4n) is 4.16. The number of sulfonamides is 1. The number of amides is 1. The van der Waals surface area contributed by atoms with Crippen LogP contribution in [-0.4, -0.2) is 31.7 Å². The number of carbonyl (C=O) groups excluding carboxylic acids is 1. The van der Waals surface area contributed by atoms with Gasteiger partial charge in [-0.15, -0.1) is 0 Å². The van der Waals surface area contributed by atoms with Crippen LogP contribution in [0.3, 0.4) is 0 Å². The monoisotopic (exact) mass is 622 g/mol. The number of hydrazone groups is 1. The first-order chi connectivity index (χ1) is 19.3. The summed E-state index contributed by atoms with van der Waals surface area (Å²) in [6.07, 6.45) is -3.34. The molecule has 4 aromatic rings. The highest BCUT2D eigenvalue weighted by Crippen LogP contribution is 2.33. The van der Waals surface area contributed by atoms with E-state index in [0.717, 1.165) is 23.5 Å². The molecule has 214 valence electrons. The number of carbonyl (C=O) groups is 1. The van der Waals surface area contributed by atoms with Crippen molar-refractivity contribution in [3.8, 4) is 5.69 Å². The minimum absolute atomic E-state index is 0.193. The average Bonchev–Trinajstić information content (AvgIpc) is 3.20. The number of rotatable bonds is 8. The lowest BCUT2D eigenvalue weighted by molar-refractivity contribution is -0.137. The Labute approximate surface area is 244 Å². The van der Waals surface area contributed by atoms with Gasteiger partial charge in [-0.25, -0.2) is 13.8 Å². The van der Waals surface area contributed by atoms with Gasteiger partial charge in [0.15, 0.2) is 0 Å². The van der Waals surface area contributed by atoms with Crippen molar-refractivity contribution in [3.05, 3.63) is 111 Å². The van der Waals surface area contributed by atoms with Crippen LogP contribution in [0.5, 0.6) is 0 Å². The van der Waals surface area contributed by atoms with Crippen molar-refractivity contribution in [2.75, 3.05) is 10.8 Å². The van der Waals surface area contributed by atoms with E-state index in [4.69, 9.17) is 23.2 Å². The predicted molar refractivity (Wildman–Crippen MR) is 153 cm³/mol. The molecule has 1 N–H and O–H groups in total. The first-order valence-corrected chi connectivity index (χ1v) is 14.2. The number of aromatic nitrogens is 1. The number of anilines is 1. The first kappa shape index (κ1) is 30.2. The number of alkyl halides is 3. The lowest BCUT2D eigenvalue weighted by Gasteiger charge is -2.24. The van der Waals surface area contributed by atoms with E-state index in [1.165, 1.54) is 36.5 Å². The van der Waals surface area contributed by atoms with Gasteiger partial charge >= 0.3 is 6.18 Å². The Kier molecular flexibility index (Phi) is 8.81. The smallest absolute Gasteiger partial charge is 0.316 e. The number of hydrogen-bond acceptors (Lipinski definition) is 4. The van der Waals surface area contributed by atoms with Gasteiger partial charge in [0, 0.05) is 22.0 Å². The van der Waals surface area contributed by atoms with Crippen LogP contribution < -0.4 is 9.73 Å². The fraction of sp³-hybridized carbons (Fsp3) is 0.143. The van der Waals surface area contributed by atoms with Gasteiger partial charge in [0.05, 0.1) is 33.1 Å². The molecule has 0 radical (unpaired) electrons. The van der Waals surface area contributed by atoms with E-state index in [1.807, 2.05) is 24.5 Å². The van der Waals surface area contributed by atoms with Crippen molar-refractivity contribution in [1.82, 2.24) is 9.99 Å². The Morgan fingerprint density at radius 3 is 2.37 bits per heavy atom. The van der Waals surface area contributed by atoms with Crippen LogP contribution in [0, 0.1) is 13.8 Å². The topological polar surface area (TPSA) is 83.8 Å². The van der Waals surface area contributed by atoms with Gasteiger partial charge in [0.25, 0.3) is 15.9 Å². The molecule has 41 heavy (non-hydrogen) atoms. The lowest BCUT2D eigenvalue weighted by atomic mass is 10.2. The third-order valence-corrected chi connectivity index (χ3v) is 8.42. The Morgan fingerprint density at radius 1 is 1.00 bits per heavy atom. The summed E-state index contributed by atoms with van der Waals surface area (Å²) in [6, 6.07) is 17.7. The summed E-state index contributed by atoms with van der Waals surface area (Å²) in [7, 11) is -4.41. The molecule has 0 aliphatic carbocycles. The number of nitrogens with one attached hydrogen (secondary N) is 1. The van der Waals surface area contributed by atoms with E-state index in [1.54, 1.807) is 24.3 Å². The Bertz CT molecular complexity index is 1720. The zero-order valence-corrected chi connectivity index (χ0v) is 24.0. The van der Waals surface area contributed by atoms with Gasteiger partial charge in [0.2, 0.25) is 0 Å². The second-order valence-corrected chi connectivity index (χ2v) is 11.6. The molecule has 3 aromatic carbocycles. The summed E-state index contributed by atoms with van der Waals surface area (Å²) in [4.78, 5) is 12.7. The van der Waals surface area contributed by atoms with E-state index in [-0.39, 0.29) is 10.6 Å². The van der Waals surface area contributed by atoms with Crippen LogP contribution in [0.25, 0.3) is 5.69 Å². The highest BCUT2D eigenvalue weighted by atomic mass is 35.5. The standard InChI is InChI=1S/C28H23Cl2F3N4O3S/c1-18-13-20(19(2)37(18)26-12-11-22(29)15-25(26)30)16-34-35-27(38)17-36(41(39,40)24-9-4-3-5-10-24)23-8-6-7-21(14-23)28(31,32)33/h3-16H,17H2,1-2H3,(H,35,38)/b34-16+. The lowest BCUT2D eigenvalue weighted by Crippen LogP contribution is -2.39. The average molecular weight is 623 g/mol. The third-order valence-electron chi connectivity index (χ3n) is 6.09. The van der Waals surface area contributed by atoms with Crippen molar-refractivity contribution < 1.29 is 26.4 Å². The van der Waals surface area contributed by atoms with Crippen molar-refractivity contribution in [2.45, 2.75) is 24.9 Å². The fourth-order valence-corrected chi connectivity index (χ4v) is 6.09. The molecule has 1 aromatic heterocycles. The van der Waals surface area contributed by atoms with Crippen LogP contribution in [0.2, 0.25) is 10.0 Å². The molecule has 0 unspecified atom stereocenters. The molecule has 0 atom stereocenters. The van der Waals surface area contributed by atoms with Crippen LogP contribution >= 0.6 is 23.2 Å². The number of benzene rings is 3. The van der Waals surface area contributed by atoms with Crippen molar-refractivity contribution in [2.24, 2.45) is 5.10 Å². The maximum atomic E-state index is 13.4. The largest absolute Gasteiger partial charge is 0.416 e. The summed E-state index contributed by atoms with van der Waals surface area (Å²) in [5.41, 5.74) is 3.79. The minimum Gasteiger partial charge on any atom is -0.316 e. The maximum Gasteiger partial charge on any atom is 0.416 e. The summed E-state index contributed by atoms with van der Waals surface area (Å²) in [5.74, 6) is -0.868. The molecule has 0 aliphatic rings. The van der Waals surface area contributed by atoms with Crippen LogP contribution in [0.4, 0.5) is 18.9 Å². The van der Waals surface area contributed by atoms with E-state index in [2.05, 4.69) is 10.5 Å². The van der Waals surface area contributed by atoms with E-state index < -0.39 is 34.2 Å². The van der Waals surface area contributed by atoms with Gasteiger partial charge in [0.1, 0.15) is 6.54 Å². The molecule has 1 amide bonds. The van der Waals surface area contributed by atoms with Gasteiger partial charge in [-0.3, -0.25) is 9.10 Å². The predicted octanol–water partition coefficient (Wildman–Crippen LogP) is 6.77. The highest BCUT2D eigenvalue weighted by Gasteiger charge is 2.33. The summed E-state index contributed by atoms with van der Waals surface area (Å²) in [6.45, 7) is 2.85. The highest BCUT2D eigenvalue weighted by molar-refractivity contribution is 7.92. The molecule has 0 fully saturated rings. The van der Waals surface area contributed by atoms with Crippen LogP contribution in [0.1, 0.15) is 22.5 Å². The summed E-state index contributed by atoms with van der Waals surface area (Å²) < 4.78 is 69.4. The SMILES string of the molecule is Cc1cc(/C=N/NC(=O)CN(c2cccc(C(F)(F)F)c2)S(=O)(=O)c2ccccc2)c(C)n1-c1ccc(Cl)cc1Cl. The van der Waals surface area contributed by atoms with E-state index in [0.29, 0.717) is 31.7 Å². The zero-order valence-electron chi connectivity index (χ0n) is 21.7. The zero-order chi connectivity index (χ0) is 29.9. The Balaban J connectivity index is 1.59. The molecular weight excluding hydrogens is 600 g/mol. The van der Waals surface area contributed by atoms with Gasteiger partial charge in [-0.05, 0) is 68.4 Å². The maximum absolute atomic E-state index is 13.4. The second-order valence-electron chi connectivity index (χ2n) is 8.92. The van der Waals surface area contributed by atoms with Crippen molar-refractivity contribution >= 4 is 51.0 Å². The molecule has 7 nitrogen and oxygen atoms in total. The normalized spacial score (nSPS) is 12.1. The summed E-state index contributed by atoms with van der Waals surface area (Å²) >= 11 is 12.4. The van der Waals surface area contributed by atoms with Crippen LogP contribution in [-0.2, 0) is 21.0 Å². The molecular formula is C28H23Cl2F3N4O3S. The molecule has 0 spiro atoms. The number of aryl methyl sites for hydroxylation is 1. The molecule has 1 heterocycles. The van der Waals surface area contributed by atoms with Crippen molar-refractivity contribution in [1.29, 1.82) is 0 Å². The Morgan fingerprint density at radius 2 is 1.71 bits per heavy atom. The minimum atomic E-state index is -4.71. The second kappa shape index (κ2) is 12.0. The number of nitrogens with zero attached hydrogens (tertiary/aromatic N) is 3. The molecule has 13 heteroatoms. The molecule has 0 aliphatic heterocycles. The number of halogens is 5. The Hall–Kier alpha value is -3.80. The molecule has 0 saturated heterocycles. The molecule has 0 bridgehead atoms. The van der Waals surface area contributed by atoms with Gasteiger partial charge in [-0.1, -0.05) is 47.5 Å². The first-order valence-electron chi connectivity index (χ1n) is 12.0. The summed E-state index contributed by atoms with van der Waals surface area (Å²) in [5, 5.41) is 4.87.